The molecule has 1 heterocycles. The Bertz CT molecular complexity index is 960. The number of hydrogen-bond acceptors (Lipinski definition) is 2. The van der Waals surface area contributed by atoms with Crippen LogP contribution in [-0.2, 0) is 16.6 Å². The molecule has 2 N–H and O–H groups in total. The number of H-pyrrole nitrogens is 1. The average molecular weight is 369 g/mol. The van der Waals surface area contributed by atoms with Gasteiger partial charge in [0.05, 0.1) is 12.5 Å². The van der Waals surface area contributed by atoms with Crippen LogP contribution in [0.25, 0.3) is 10.9 Å². The number of hydrogen-bond donors (Lipinski definition) is 2. The summed E-state index contributed by atoms with van der Waals surface area (Å²) in [4.78, 5) is 16.2. The summed E-state index contributed by atoms with van der Waals surface area (Å²) in [6.45, 7) is 0.587. The van der Waals surface area contributed by atoms with Crippen molar-refractivity contribution in [3.8, 4) is 5.75 Å². The van der Waals surface area contributed by atoms with E-state index < -0.39 is 5.41 Å². The van der Waals surface area contributed by atoms with Gasteiger partial charge in [-0.3, -0.25) is 4.79 Å². The summed E-state index contributed by atoms with van der Waals surface area (Å²) in [7, 11) is 1.67. The molecule has 0 saturated heterocycles. The first kappa shape index (κ1) is 17.0. The van der Waals surface area contributed by atoms with E-state index in [9.17, 15) is 4.79 Å². The van der Waals surface area contributed by atoms with Crippen molar-refractivity contribution in [2.24, 2.45) is 0 Å². The molecule has 4 rings (SSSR count). The highest BCUT2D eigenvalue weighted by Crippen LogP contribution is 2.50. The van der Waals surface area contributed by atoms with Crippen molar-refractivity contribution in [2.45, 2.75) is 24.7 Å². The van der Waals surface area contributed by atoms with Crippen molar-refractivity contribution >= 4 is 28.4 Å². The van der Waals surface area contributed by atoms with Crippen LogP contribution in [0.3, 0.4) is 0 Å². The Morgan fingerprint density at radius 3 is 2.85 bits per heavy atom. The third kappa shape index (κ3) is 2.95. The lowest BCUT2D eigenvalue weighted by molar-refractivity contribution is -0.123. The first-order valence-electron chi connectivity index (χ1n) is 8.81. The van der Waals surface area contributed by atoms with E-state index >= 15 is 0 Å². The summed E-state index contributed by atoms with van der Waals surface area (Å²) >= 11 is 6.15. The normalized spacial score (nSPS) is 15.0. The van der Waals surface area contributed by atoms with E-state index in [0.717, 1.165) is 47.0 Å². The molecule has 1 fully saturated rings. The molecule has 1 aromatic heterocycles. The van der Waals surface area contributed by atoms with Crippen molar-refractivity contribution in [3.05, 3.63) is 64.8 Å². The maximum atomic E-state index is 12.9. The quantitative estimate of drug-likeness (QED) is 0.684. The van der Waals surface area contributed by atoms with Crippen LogP contribution in [0.15, 0.2) is 48.7 Å². The van der Waals surface area contributed by atoms with Gasteiger partial charge < -0.3 is 15.0 Å². The fourth-order valence-corrected chi connectivity index (χ4v) is 3.79. The van der Waals surface area contributed by atoms with Crippen LogP contribution in [-0.4, -0.2) is 24.5 Å². The Morgan fingerprint density at radius 1 is 1.27 bits per heavy atom. The zero-order valence-electron chi connectivity index (χ0n) is 14.6. The van der Waals surface area contributed by atoms with Crippen molar-refractivity contribution in [1.29, 1.82) is 0 Å². The Balaban J connectivity index is 1.48. The lowest BCUT2D eigenvalue weighted by atomic mass is 9.94. The highest BCUT2D eigenvalue weighted by Gasteiger charge is 2.52. The molecule has 4 nitrogen and oxygen atoms in total. The smallest absolute Gasteiger partial charge is 0.230 e. The van der Waals surface area contributed by atoms with Crippen molar-refractivity contribution < 1.29 is 9.53 Å². The number of benzene rings is 2. The molecular formula is C21H21ClN2O2. The molecule has 1 amide bonds. The molecule has 0 radical (unpaired) electrons. The maximum Gasteiger partial charge on any atom is 0.230 e. The largest absolute Gasteiger partial charge is 0.496 e. The summed E-state index contributed by atoms with van der Waals surface area (Å²) < 4.78 is 5.37. The molecule has 26 heavy (non-hydrogen) atoms. The third-order valence-electron chi connectivity index (χ3n) is 5.22. The topological polar surface area (TPSA) is 54.1 Å². The summed E-state index contributed by atoms with van der Waals surface area (Å²) in [6.07, 6.45) is 4.43. The van der Waals surface area contributed by atoms with Crippen LogP contribution in [0.4, 0.5) is 0 Å². The Hall–Kier alpha value is -2.46. The number of halogens is 1. The number of ether oxygens (including phenoxy) is 1. The minimum Gasteiger partial charge on any atom is -0.496 e. The number of carbonyl (C=O) groups excluding carboxylic acids is 1. The zero-order valence-corrected chi connectivity index (χ0v) is 15.4. The first-order chi connectivity index (χ1) is 12.6. The van der Waals surface area contributed by atoms with Gasteiger partial charge in [-0.15, -0.1) is 0 Å². The molecule has 0 spiro atoms. The van der Waals surface area contributed by atoms with Crippen LogP contribution in [0, 0.1) is 0 Å². The fraction of sp³-hybridized carbons (Fsp3) is 0.286. The summed E-state index contributed by atoms with van der Waals surface area (Å²) in [5.74, 6) is 0.947. The Labute approximate surface area is 157 Å². The predicted octanol–water partition coefficient (Wildman–Crippen LogP) is 4.22. The molecule has 3 aromatic rings. The highest BCUT2D eigenvalue weighted by atomic mass is 35.5. The third-order valence-corrected chi connectivity index (χ3v) is 5.45. The number of nitrogens with one attached hydrogen (secondary N) is 2. The highest BCUT2D eigenvalue weighted by molar-refractivity contribution is 6.31. The number of carbonyl (C=O) groups is 1. The maximum absolute atomic E-state index is 12.9. The summed E-state index contributed by atoms with van der Waals surface area (Å²) in [5.41, 5.74) is 2.73. The Kier molecular flexibility index (Phi) is 4.37. The van der Waals surface area contributed by atoms with E-state index in [2.05, 4.69) is 10.3 Å². The number of rotatable bonds is 6. The molecular weight excluding hydrogens is 348 g/mol. The Morgan fingerprint density at radius 2 is 2.08 bits per heavy atom. The predicted molar refractivity (Wildman–Crippen MR) is 104 cm³/mol. The van der Waals surface area contributed by atoms with Gasteiger partial charge in [0.2, 0.25) is 5.91 Å². The van der Waals surface area contributed by atoms with Crippen LogP contribution >= 0.6 is 11.6 Å². The lowest BCUT2D eigenvalue weighted by Gasteiger charge is -2.15. The monoisotopic (exact) mass is 368 g/mol. The number of amides is 1. The lowest BCUT2D eigenvalue weighted by Crippen LogP contribution is -2.35. The van der Waals surface area contributed by atoms with E-state index in [1.54, 1.807) is 7.11 Å². The molecule has 0 bridgehead atoms. The van der Waals surface area contributed by atoms with Gasteiger partial charge in [-0.05, 0) is 54.7 Å². The van der Waals surface area contributed by atoms with E-state index in [1.165, 1.54) is 0 Å². The second-order valence-electron chi connectivity index (χ2n) is 6.79. The van der Waals surface area contributed by atoms with Crippen LogP contribution < -0.4 is 10.1 Å². The van der Waals surface area contributed by atoms with E-state index in [1.807, 2.05) is 48.7 Å². The molecule has 5 heteroatoms. The number of aromatic nitrogens is 1. The average Bonchev–Trinajstić information content (AvgIpc) is 3.36. The molecule has 0 atom stereocenters. The van der Waals surface area contributed by atoms with Gasteiger partial charge in [0.1, 0.15) is 5.75 Å². The molecule has 1 saturated carbocycles. The SMILES string of the molecule is COc1ccccc1CCNC(=O)C1(c2c[nH]c3ccc(Cl)cc23)CC1. The van der Waals surface area contributed by atoms with Crippen molar-refractivity contribution in [1.82, 2.24) is 10.3 Å². The van der Waals surface area contributed by atoms with Gasteiger partial charge in [0, 0.05) is 28.7 Å². The van der Waals surface area contributed by atoms with Gasteiger partial charge in [-0.25, -0.2) is 0 Å². The minimum atomic E-state index is -0.427. The standard InChI is InChI=1S/C21H21ClN2O2/c1-26-19-5-3-2-4-14(19)8-11-23-20(25)21(9-10-21)17-13-24-18-7-6-15(22)12-16(17)18/h2-7,12-13,24H,8-11H2,1H3,(H,23,25). The molecule has 0 unspecified atom stereocenters. The number of para-hydroxylation sites is 1. The fourth-order valence-electron chi connectivity index (χ4n) is 3.62. The van der Waals surface area contributed by atoms with Gasteiger partial charge in [-0.2, -0.15) is 0 Å². The second-order valence-corrected chi connectivity index (χ2v) is 7.23. The van der Waals surface area contributed by atoms with E-state index in [0.29, 0.717) is 11.6 Å². The first-order valence-corrected chi connectivity index (χ1v) is 9.19. The van der Waals surface area contributed by atoms with Gasteiger partial charge in [0.25, 0.3) is 0 Å². The van der Waals surface area contributed by atoms with Gasteiger partial charge >= 0.3 is 0 Å². The zero-order chi connectivity index (χ0) is 18.1. The van der Waals surface area contributed by atoms with Crippen LogP contribution in [0.1, 0.15) is 24.0 Å². The molecule has 1 aliphatic carbocycles. The van der Waals surface area contributed by atoms with E-state index in [-0.39, 0.29) is 5.91 Å². The second kappa shape index (κ2) is 6.69. The van der Waals surface area contributed by atoms with Crippen molar-refractivity contribution in [3.63, 3.8) is 0 Å². The number of fused-ring (bicyclic) bond motifs is 1. The van der Waals surface area contributed by atoms with Gasteiger partial charge in [0.15, 0.2) is 0 Å². The molecule has 134 valence electrons. The van der Waals surface area contributed by atoms with Crippen LogP contribution in [0.2, 0.25) is 5.02 Å². The number of aromatic amines is 1. The van der Waals surface area contributed by atoms with Crippen LogP contribution in [0.5, 0.6) is 5.75 Å². The molecule has 2 aromatic carbocycles. The molecule has 0 aliphatic heterocycles. The van der Waals surface area contributed by atoms with E-state index in [4.69, 9.17) is 16.3 Å². The summed E-state index contributed by atoms with van der Waals surface area (Å²) in [6, 6.07) is 13.6. The molecule has 1 aliphatic rings. The number of methoxy groups -OCH3 is 1. The van der Waals surface area contributed by atoms with Crippen molar-refractivity contribution in [2.75, 3.05) is 13.7 Å². The summed E-state index contributed by atoms with van der Waals surface area (Å²) in [5, 5.41) is 4.83. The van der Waals surface area contributed by atoms with Gasteiger partial charge in [-0.1, -0.05) is 29.8 Å². The minimum absolute atomic E-state index is 0.0910.